The number of amides is 1. The lowest BCUT2D eigenvalue weighted by Gasteiger charge is -2.13. The van der Waals surface area contributed by atoms with Crippen LogP contribution in [0.25, 0.3) is 0 Å². The highest BCUT2D eigenvalue weighted by molar-refractivity contribution is 5.94. The maximum Gasteiger partial charge on any atom is 0.251 e. The topological polar surface area (TPSA) is 50.8 Å². The smallest absolute Gasteiger partial charge is 0.251 e. The van der Waals surface area contributed by atoms with Gasteiger partial charge < -0.3 is 19.7 Å². The Labute approximate surface area is 143 Å². The molecule has 1 amide bonds. The first-order chi connectivity index (χ1) is 11.5. The van der Waals surface area contributed by atoms with Gasteiger partial charge in [0.1, 0.15) is 0 Å². The van der Waals surface area contributed by atoms with Gasteiger partial charge in [0.2, 0.25) is 0 Å². The zero-order valence-corrected chi connectivity index (χ0v) is 14.6. The van der Waals surface area contributed by atoms with E-state index < -0.39 is 0 Å². The molecule has 0 aliphatic heterocycles. The summed E-state index contributed by atoms with van der Waals surface area (Å²) < 4.78 is 10.7. The maximum atomic E-state index is 12.3. The van der Waals surface area contributed by atoms with Gasteiger partial charge in [-0.05, 0) is 42.8 Å². The average Bonchev–Trinajstić information content (AvgIpc) is 2.60. The number of rotatable bonds is 7. The number of anilines is 1. The molecule has 2 rings (SSSR count). The van der Waals surface area contributed by atoms with Gasteiger partial charge in [-0.3, -0.25) is 4.79 Å². The van der Waals surface area contributed by atoms with Crippen LogP contribution < -0.4 is 19.7 Å². The minimum absolute atomic E-state index is 0.143. The average molecular weight is 328 g/mol. The highest BCUT2D eigenvalue weighted by Crippen LogP contribution is 2.28. The molecule has 0 aliphatic carbocycles. The summed E-state index contributed by atoms with van der Waals surface area (Å²) in [6.45, 7) is 2.88. The molecule has 0 heterocycles. The zero-order chi connectivity index (χ0) is 17.5. The van der Waals surface area contributed by atoms with Gasteiger partial charge in [0.15, 0.2) is 11.5 Å². The number of methoxy groups -OCH3 is 1. The molecule has 0 aromatic heterocycles. The van der Waals surface area contributed by atoms with Crippen LogP contribution in [0, 0.1) is 0 Å². The Bertz CT molecular complexity index is 682. The SMILES string of the molecule is CCOc1cc(C(=O)NCc2ccc(N(C)C)cc2)ccc1OC. The second-order valence-corrected chi connectivity index (χ2v) is 5.54. The van der Waals surface area contributed by atoms with Crippen LogP contribution in [0.15, 0.2) is 42.5 Å². The van der Waals surface area contributed by atoms with E-state index in [9.17, 15) is 4.79 Å². The number of carbonyl (C=O) groups is 1. The fraction of sp³-hybridized carbons (Fsp3) is 0.316. The lowest BCUT2D eigenvalue weighted by Crippen LogP contribution is -2.22. The molecule has 0 spiro atoms. The summed E-state index contributed by atoms with van der Waals surface area (Å²) in [7, 11) is 5.57. The second-order valence-electron chi connectivity index (χ2n) is 5.54. The Morgan fingerprint density at radius 2 is 1.79 bits per heavy atom. The number of ether oxygens (including phenoxy) is 2. The van der Waals surface area contributed by atoms with Crippen molar-refractivity contribution < 1.29 is 14.3 Å². The Morgan fingerprint density at radius 1 is 1.08 bits per heavy atom. The van der Waals surface area contributed by atoms with Crippen molar-refractivity contribution in [3.63, 3.8) is 0 Å². The molecule has 2 aromatic rings. The van der Waals surface area contributed by atoms with Crippen LogP contribution in [-0.2, 0) is 6.54 Å². The molecule has 0 bridgehead atoms. The van der Waals surface area contributed by atoms with Crippen molar-refractivity contribution in [2.45, 2.75) is 13.5 Å². The van der Waals surface area contributed by atoms with Crippen molar-refractivity contribution >= 4 is 11.6 Å². The van der Waals surface area contributed by atoms with E-state index in [-0.39, 0.29) is 5.91 Å². The van der Waals surface area contributed by atoms with Crippen molar-refractivity contribution in [2.75, 3.05) is 32.7 Å². The van der Waals surface area contributed by atoms with Gasteiger partial charge in [-0.25, -0.2) is 0 Å². The van der Waals surface area contributed by atoms with Gasteiger partial charge in [0.05, 0.1) is 13.7 Å². The van der Waals surface area contributed by atoms with Crippen molar-refractivity contribution in [3.05, 3.63) is 53.6 Å². The van der Waals surface area contributed by atoms with Crippen LogP contribution in [0.5, 0.6) is 11.5 Å². The molecule has 0 fully saturated rings. The minimum atomic E-state index is -0.143. The van der Waals surface area contributed by atoms with Crippen LogP contribution in [0.2, 0.25) is 0 Å². The summed E-state index contributed by atoms with van der Waals surface area (Å²) in [5, 5.41) is 2.92. The van der Waals surface area contributed by atoms with Gasteiger partial charge >= 0.3 is 0 Å². The second kappa shape index (κ2) is 8.24. The molecule has 128 valence electrons. The minimum Gasteiger partial charge on any atom is -0.493 e. The van der Waals surface area contributed by atoms with Crippen LogP contribution >= 0.6 is 0 Å². The van der Waals surface area contributed by atoms with Crippen molar-refractivity contribution in [1.29, 1.82) is 0 Å². The highest BCUT2D eigenvalue weighted by Gasteiger charge is 2.11. The Hall–Kier alpha value is -2.69. The third-order valence-corrected chi connectivity index (χ3v) is 3.63. The lowest BCUT2D eigenvalue weighted by molar-refractivity contribution is 0.0950. The van der Waals surface area contributed by atoms with E-state index in [1.54, 1.807) is 25.3 Å². The summed E-state index contributed by atoms with van der Waals surface area (Å²) in [5.74, 6) is 1.05. The van der Waals surface area contributed by atoms with E-state index >= 15 is 0 Å². The third-order valence-electron chi connectivity index (χ3n) is 3.63. The molecule has 2 aromatic carbocycles. The fourth-order valence-electron chi connectivity index (χ4n) is 2.28. The normalized spacial score (nSPS) is 10.2. The number of hydrogen-bond acceptors (Lipinski definition) is 4. The number of hydrogen-bond donors (Lipinski definition) is 1. The van der Waals surface area contributed by atoms with Gasteiger partial charge in [0.25, 0.3) is 5.91 Å². The van der Waals surface area contributed by atoms with E-state index in [1.165, 1.54) is 0 Å². The van der Waals surface area contributed by atoms with E-state index in [2.05, 4.69) is 5.32 Å². The Kier molecular flexibility index (Phi) is 6.07. The standard InChI is InChI=1S/C19H24N2O3/c1-5-24-18-12-15(8-11-17(18)23-4)19(22)20-13-14-6-9-16(10-7-14)21(2)3/h6-12H,5,13H2,1-4H3,(H,20,22). The lowest BCUT2D eigenvalue weighted by atomic mass is 10.1. The molecule has 0 radical (unpaired) electrons. The number of carbonyl (C=O) groups excluding carboxylic acids is 1. The van der Waals surface area contributed by atoms with Crippen molar-refractivity contribution in [3.8, 4) is 11.5 Å². The largest absolute Gasteiger partial charge is 0.493 e. The third kappa shape index (κ3) is 4.41. The molecule has 1 N–H and O–H groups in total. The summed E-state index contributed by atoms with van der Waals surface area (Å²) in [4.78, 5) is 14.4. The first kappa shape index (κ1) is 17.7. The van der Waals surface area contributed by atoms with E-state index in [1.807, 2.05) is 50.2 Å². The number of nitrogens with zero attached hydrogens (tertiary/aromatic N) is 1. The molecule has 5 heteroatoms. The van der Waals surface area contributed by atoms with Crippen LogP contribution in [0.1, 0.15) is 22.8 Å². The van der Waals surface area contributed by atoms with E-state index in [4.69, 9.17) is 9.47 Å². The molecular formula is C19H24N2O3. The monoisotopic (exact) mass is 328 g/mol. The molecule has 0 atom stereocenters. The van der Waals surface area contributed by atoms with Crippen LogP contribution in [0.4, 0.5) is 5.69 Å². The van der Waals surface area contributed by atoms with Gasteiger partial charge in [-0.1, -0.05) is 12.1 Å². The predicted molar refractivity (Wildman–Crippen MR) is 96.1 cm³/mol. The van der Waals surface area contributed by atoms with E-state index in [0.29, 0.717) is 30.2 Å². The molecule has 0 saturated heterocycles. The van der Waals surface area contributed by atoms with E-state index in [0.717, 1.165) is 11.3 Å². The molecule has 0 saturated carbocycles. The van der Waals surface area contributed by atoms with Crippen molar-refractivity contribution in [1.82, 2.24) is 5.32 Å². The van der Waals surface area contributed by atoms with Gasteiger partial charge in [-0.15, -0.1) is 0 Å². The van der Waals surface area contributed by atoms with Crippen molar-refractivity contribution in [2.24, 2.45) is 0 Å². The molecule has 0 aliphatic rings. The van der Waals surface area contributed by atoms with Gasteiger partial charge in [-0.2, -0.15) is 0 Å². The first-order valence-corrected chi connectivity index (χ1v) is 7.90. The number of benzene rings is 2. The molecular weight excluding hydrogens is 304 g/mol. The maximum absolute atomic E-state index is 12.3. The predicted octanol–water partition coefficient (Wildman–Crippen LogP) is 3.09. The van der Waals surface area contributed by atoms with Gasteiger partial charge in [0, 0.05) is 31.9 Å². The molecule has 24 heavy (non-hydrogen) atoms. The first-order valence-electron chi connectivity index (χ1n) is 7.90. The zero-order valence-electron chi connectivity index (χ0n) is 14.6. The Balaban J connectivity index is 2.02. The van der Waals surface area contributed by atoms with Crippen LogP contribution in [-0.4, -0.2) is 33.7 Å². The molecule has 5 nitrogen and oxygen atoms in total. The summed E-state index contributed by atoms with van der Waals surface area (Å²) in [5.41, 5.74) is 2.72. The molecule has 0 unspecified atom stereocenters. The Morgan fingerprint density at radius 3 is 2.38 bits per heavy atom. The summed E-state index contributed by atoms with van der Waals surface area (Å²) >= 11 is 0. The number of nitrogens with one attached hydrogen (secondary N) is 1. The fourth-order valence-corrected chi connectivity index (χ4v) is 2.28. The van der Waals surface area contributed by atoms with Crippen LogP contribution in [0.3, 0.4) is 0 Å². The summed E-state index contributed by atoms with van der Waals surface area (Å²) in [6.07, 6.45) is 0. The highest BCUT2D eigenvalue weighted by atomic mass is 16.5. The summed E-state index contributed by atoms with van der Waals surface area (Å²) in [6, 6.07) is 13.2. The quantitative estimate of drug-likeness (QED) is 0.848.